The molecule has 4 heteroatoms. The third-order valence-corrected chi connectivity index (χ3v) is 11.2. The molecule has 0 aliphatic heterocycles. The zero-order valence-electron chi connectivity index (χ0n) is 21.7. The summed E-state index contributed by atoms with van der Waals surface area (Å²) >= 11 is 0. The van der Waals surface area contributed by atoms with Crippen LogP contribution in [0.3, 0.4) is 0 Å². The maximum Gasteiger partial charge on any atom is 0.343 e. The minimum Gasteiger partial charge on any atom is -1.00 e. The van der Waals surface area contributed by atoms with Crippen LogP contribution in [0.15, 0.2) is 0 Å². The number of esters is 1. The van der Waals surface area contributed by atoms with Crippen molar-refractivity contribution in [2.45, 2.75) is 137 Å². The van der Waals surface area contributed by atoms with E-state index >= 15 is 0 Å². The molecule has 0 atom stereocenters. The molecule has 0 heterocycles. The molecule has 0 spiro atoms. The molecule has 0 aromatic heterocycles. The Balaban J connectivity index is 0. The van der Waals surface area contributed by atoms with Crippen molar-refractivity contribution >= 4 is 13.2 Å². The molecule has 0 radical (unpaired) electrons. The lowest BCUT2D eigenvalue weighted by Gasteiger charge is -2.27. The highest BCUT2D eigenvalue weighted by molar-refractivity contribution is 7.76. The molecule has 0 aromatic rings. The van der Waals surface area contributed by atoms with E-state index in [2.05, 4.69) is 27.7 Å². The van der Waals surface area contributed by atoms with Gasteiger partial charge in [-0.1, -0.05) is 91.9 Å². The summed E-state index contributed by atoms with van der Waals surface area (Å²) in [6.07, 6.45) is 26.7. The summed E-state index contributed by atoms with van der Waals surface area (Å²) in [6, 6.07) is 0. The fourth-order valence-corrected chi connectivity index (χ4v) is 8.87. The molecule has 31 heavy (non-hydrogen) atoms. The lowest BCUT2D eigenvalue weighted by molar-refractivity contribution is -0.140. The van der Waals surface area contributed by atoms with Gasteiger partial charge >= 0.3 is 5.97 Å². The third-order valence-electron chi connectivity index (χ3n) is 6.43. The van der Waals surface area contributed by atoms with Gasteiger partial charge in [-0.2, -0.15) is 0 Å². The molecule has 188 valence electrons. The number of hydrogen-bond acceptors (Lipinski definition) is 2. The Kier molecular flexibility index (Phi) is 27.1. The van der Waals surface area contributed by atoms with Crippen LogP contribution in [0.5, 0.6) is 0 Å². The van der Waals surface area contributed by atoms with Crippen LogP contribution in [0.1, 0.15) is 137 Å². The molecule has 0 aliphatic carbocycles. The van der Waals surface area contributed by atoms with E-state index in [4.69, 9.17) is 4.74 Å². The topological polar surface area (TPSA) is 26.3 Å². The van der Waals surface area contributed by atoms with Gasteiger partial charge in [-0.05, 0) is 44.9 Å². The average Bonchev–Trinajstić information content (AvgIpc) is 2.74. The maximum atomic E-state index is 12.8. The first-order valence-electron chi connectivity index (χ1n) is 13.6. The predicted molar refractivity (Wildman–Crippen MR) is 139 cm³/mol. The van der Waals surface area contributed by atoms with E-state index in [1.807, 2.05) is 0 Å². The minimum absolute atomic E-state index is 0. The summed E-state index contributed by atoms with van der Waals surface area (Å²) in [7, 11) is -1.21. The molecule has 0 unspecified atom stereocenters. The monoisotopic (exact) mass is 522 g/mol. The second-order valence-corrected chi connectivity index (χ2v) is 13.8. The molecule has 0 aromatic carbocycles. The number of carbonyl (C=O) groups is 1. The first kappa shape index (κ1) is 33.6. The zero-order chi connectivity index (χ0) is 22.3. The lowest BCUT2D eigenvalue weighted by Crippen LogP contribution is -3.00. The SMILES string of the molecule is CCCCCCCOC(=O)C[P+](CCCCCC)(CCCCCC)CCCCCC.[Br-]. The fraction of sp³-hybridized carbons (Fsp3) is 0.963. The van der Waals surface area contributed by atoms with Crippen LogP contribution < -0.4 is 17.0 Å². The molecular formula is C27H56BrO2P. The van der Waals surface area contributed by atoms with Crippen molar-refractivity contribution in [2.75, 3.05) is 31.3 Å². The van der Waals surface area contributed by atoms with Crippen LogP contribution in [0.2, 0.25) is 0 Å². The van der Waals surface area contributed by atoms with Gasteiger partial charge in [-0.25, -0.2) is 4.79 Å². The number of ether oxygens (including phenoxy) is 1. The van der Waals surface area contributed by atoms with Crippen LogP contribution in [0.25, 0.3) is 0 Å². The molecule has 0 saturated carbocycles. The summed E-state index contributed by atoms with van der Waals surface area (Å²) in [5.41, 5.74) is 0. The summed E-state index contributed by atoms with van der Waals surface area (Å²) in [4.78, 5) is 12.8. The first-order valence-corrected chi connectivity index (χ1v) is 16.2. The quantitative estimate of drug-likeness (QED) is 0.0898. The van der Waals surface area contributed by atoms with Crippen molar-refractivity contribution in [2.24, 2.45) is 0 Å². The molecule has 0 rings (SSSR count). The van der Waals surface area contributed by atoms with Gasteiger partial charge < -0.3 is 21.7 Å². The van der Waals surface area contributed by atoms with Gasteiger partial charge in [0.15, 0.2) is 6.16 Å². The van der Waals surface area contributed by atoms with Crippen LogP contribution in [0, 0.1) is 0 Å². The second-order valence-electron chi connectivity index (χ2n) is 9.49. The largest absolute Gasteiger partial charge is 1.00 e. The molecule has 0 bridgehead atoms. The van der Waals surface area contributed by atoms with Crippen LogP contribution >= 0.6 is 7.26 Å². The highest BCUT2D eigenvalue weighted by Gasteiger charge is 2.38. The van der Waals surface area contributed by atoms with E-state index < -0.39 is 7.26 Å². The molecule has 0 aliphatic rings. The molecular weight excluding hydrogens is 467 g/mol. The van der Waals surface area contributed by atoms with E-state index in [0.717, 1.165) is 12.6 Å². The molecule has 0 N–H and O–H groups in total. The smallest absolute Gasteiger partial charge is 0.343 e. The Morgan fingerprint density at radius 1 is 0.548 bits per heavy atom. The Morgan fingerprint density at radius 2 is 0.903 bits per heavy atom. The van der Waals surface area contributed by atoms with Crippen molar-refractivity contribution in [1.82, 2.24) is 0 Å². The fourth-order valence-electron chi connectivity index (χ4n) is 4.41. The van der Waals surface area contributed by atoms with Gasteiger partial charge in [0.05, 0.1) is 25.1 Å². The normalized spacial score (nSPS) is 11.4. The summed E-state index contributed by atoms with van der Waals surface area (Å²) < 4.78 is 5.75. The van der Waals surface area contributed by atoms with E-state index in [-0.39, 0.29) is 23.0 Å². The van der Waals surface area contributed by atoms with E-state index in [9.17, 15) is 4.79 Å². The second kappa shape index (κ2) is 25.0. The minimum atomic E-state index is -1.21. The van der Waals surface area contributed by atoms with Gasteiger partial charge in [0.25, 0.3) is 0 Å². The Hall–Kier alpha value is 0.380. The van der Waals surface area contributed by atoms with Crippen molar-refractivity contribution in [3.05, 3.63) is 0 Å². The van der Waals surface area contributed by atoms with Crippen molar-refractivity contribution in [1.29, 1.82) is 0 Å². The zero-order valence-corrected chi connectivity index (χ0v) is 24.2. The Morgan fingerprint density at radius 3 is 1.29 bits per heavy atom. The molecule has 0 fully saturated rings. The number of carbonyl (C=O) groups excluding carboxylic acids is 1. The van der Waals surface area contributed by atoms with Gasteiger partial charge in [-0.15, -0.1) is 0 Å². The number of hydrogen-bond donors (Lipinski definition) is 0. The van der Waals surface area contributed by atoms with E-state index in [0.29, 0.717) is 6.61 Å². The highest BCUT2D eigenvalue weighted by Crippen LogP contribution is 2.60. The van der Waals surface area contributed by atoms with Crippen LogP contribution in [0.4, 0.5) is 0 Å². The Labute approximate surface area is 207 Å². The molecule has 0 amide bonds. The van der Waals surface area contributed by atoms with Gasteiger partial charge in [0.1, 0.15) is 0 Å². The van der Waals surface area contributed by atoms with Gasteiger partial charge in [0.2, 0.25) is 0 Å². The lowest BCUT2D eigenvalue weighted by atomic mass is 10.2. The summed E-state index contributed by atoms with van der Waals surface area (Å²) in [6.45, 7) is 9.75. The van der Waals surface area contributed by atoms with Crippen molar-refractivity contribution in [3.63, 3.8) is 0 Å². The van der Waals surface area contributed by atoms with Crippen LogP contribution in [-0.4, -0.2) is 37.2 Å². The molecule has 0 saturated heterocycles. The maximum absolute atomic E-state index is 12.8. The number of halogens is 1. The van der Waals surface area contributed by atoms with E-state index in [1.165, 1.54) is 121 Å². The highest BCUT2D eigenvalue weighted by atomic mass is 79.9. The third kappa shape index (κ3) is 20.7. The van der Waals surface area contributed by atoms with E-state index in [1.54, 1.807) is 0 Å². The van der Waals surface area contributed by atoms with Crippen LogP contribution in [-0.2, 0) is 9.53 Å². The van der Waals surface area contributed by atoms with Gasteiger partial charge in [-0.3, -0.25) is 0 Å². The molecule has 2 nitrogen and oxygen atoms in total. The summed E-state index contributed by atoms with van der Waals surface area (Å²) in [5.74, 6) is 0.125. The predicted octanol–water partition coefficient (Wildman–Crippen LogP) is 6.26. The standard InChI is InChI=1S/C27H56O2P.BrH/c1-5-9-13-17-18-22-29-27(28)26-30(23-19-14-10-6-2,24-20-15-11-7-3)25-21-16-12-8-4;/h5-26H2,1-4H3;1H/q+1;/p-1. The van der Waals surface area contributed by atoms with Gasteiger partial charge in [0, 0.05) is 7.26 Å². The van der Waals surface area contributed by atoms with Crippen molar-refractivity contribution in [3.8, 4) is 0 Å². The van der Waals surface area contributed by atoms with Crippen molar-refractivity contribution < 1.29 is 26.5 Å². The summed E-state index contributed by atoms with van der Waals surface area (Å²) in [5, 5.41) is 0. The number of rotatable bonds is 23. The average molecular weight is 524 g/mol. The number of unbranched alkanes of at least 4 members (excludes halogenated alkanes) is 13. The first-order chi connectivity index (χ1) is 14.6. The Bertz CT molecular complexity index is 345.